The molecule has 0 aromatic carbocycles. The first-order valence-electron chi connectivity index (χ1n) is 5.40. The van der Waals surface area contributed by atoms with Crippen LogP contribution in [0.1, 0.15) is 39.5 Å². The van der Waals surface area contributed by atoms with Crippen LogP contribution in [0.5, 0.6) is 0 Å². The minimum atomic E-state index is 0. The van der Waals surface area contributed by atoms with Crippen LogP contribution >= 0.6 is 0 Å². The minimum absolute atomic E-state index is 0. The fraction of sp³-hybridized carbons (Fsp3) is 0.833. The second kappa shape index (κ2) is 6.97. The quantitative estimate of drug-likeness (QED) is 0.590. The summed E-state index contributed by atoms with van der Waals surface area (Å²) >= 11 is 0. The summed E-state index contributed by atoms with van der Waals surface area (Å²) in [5.41, 5.74) is 0. The molecule has 0 radical (unpaired) electrons. The molecule has 2 heteroatoms. The topological polar surface area (TPSA) is 14.1 Å². The molecule has 0 atom stereocenters. The monoisotopic (exact) mass is 437 g/mol. The second-order valence-electron chi connectivity index (χ2n) is 4.13. The summed E-state index contributed by atoms with van der Waals surface area (Å²) in [6.45, 7) is 6.46. The Hall–Kier alpha value is -1.48. The van der Waals surface area contributed by atoms with Gasteiger partial charge in [0.1, 0.15) is 0 Å². The third-order valence-electron chi connectivity index (χ3n) is 2.46. The van der Waals surface area contributed by atoms with Crippen molar-refractivity contribution in [3.63, 3.8) is 0 Å². The predicted octanol–water partition coefficient (Wildman–Crippen LogP) is 3.21. The van der Waals surface area contributed by atoms with Crippen LogP contribution in [-0.2, 0) is 0 Å². The Balaban J connectivity index is 0.00000169. The van der Waals surface area contributed by atoms with Crippen molar-refractivity contribution >= 4 is 0 Å². The summed E-state index contributed by atoms with van der Waals surface area (Å²) in [6.07, 6.45) is 4.96. The Kier molecular flexibility index (Phi) is 6.24. The van der Waals surface area contributed by atoms with Crippen LogP contribution in [0.2, 0.25) is 0 Å². The van der Waals surface area contributed by atoms with E-state index in [2.05, 4.69) is 31.0 Å². The maximum atomic E-state index is 4.35. The number of nitrogens with zero attached hydrogens (tertiary/aromatic N) is 1. The van der Waals surface area contributed by atoms with Gasteiger partial charge in [-0.1, -0.05) is 26.7 Å². The Labute approximate surface area is 82.3 Å². The van der Waals surface area contributed by atoms with Crippen molar-refractivity contribution in [3.8, 4) is 11.8 Å². The zero-order valence-electron chi connectivity index (χ0n) is 9.11. The van der Waals surface area contributed by atoms with E-state index in [0.29, 0.717) is 5.92 Å². The van der Waals surface area contributed by atoms with E-state index in [1.54, 1.807) is 0 Å². The van der Waals surface area contributed by atoms with Crippen molar-refractivity contribution in [1.29, 1.82) is 0 Å². The van der Waals surface area contributed by atoms with Gasteiger partial charge in [-0.15, -0.1) is 24.9 Å². The third kappa shape index (κ3) is 5.22. The number of hydrogen-bond acceptors (Lipinski definition) is 0. The Bertz CT molecular complexity index is 184. The molecule has 1 rings (SSSR count). The molecule has 0 amide bonds. The smallest absolute Gasteiger partial charge is 0.0146 e. The molecular formula is C12H20NNo-. The molecular weight excluding hydrogens is 417 g/mol. The Morgan fingerprint density at radius 2 is 1.93 bits per heavy atom. The average molecular weight is 437 g/mol. The number of piperidine rings is 1. The SMILES string of the molecule is CC(C)C#CCCC1CC[N-]CC1.[No]. The van der Waals surface area contributed by atoms with Crippen LogP contribution in [-0.4, -0.2) is 13.1 Å². The van der Waals surface area contributed by atoms with E-state index in [-0.39, 0.29) is 0 Å². The molecule has 0 aromatic heterocycles. The van der Waals surface area contributed by atoms with Gasteiger partial charge in [-0.3, -0.25) is 0 Å². The molecule has 0 unspecified atom stereocenters. The van der Waals surface area contributed by atoms with Gasteiger partial charge in [0, 0.05) is 12.3 Å². The fourth-order valence-corrected chi connectivity index (χ4v) is 1.65. The number of rotatable bonds is 2. The first kappa shape index (κ1) is 12.5. The van der Waals surface area contributed by atoms with Crippen molar-refractivity contribution in [1.82, 2.24) is 0 Å². The van der Waals surface area contributed by atoms with Gasteiger partial charge in [-0.05, 0) is 12.3 Å². The average Bonchev–Trinajstić information content (AvgIpc) is 2.14. The van der Waals surface area contributed by atoms with Crippen molar-refractivity contribution in [3.05, 3.63) is 5.32 Å². The molecule has 88 valence electrons. The second-order valence-corrected chi connectivity index (χ2v) is 4.13. The van der Waals surface area contributed by atoms with Crippen molar-refractivity contribution in [2.75, 3.05) is 13.1 Å². The molecule has 1 aliphatic heterocycles. The van der Waals surface area contributed by atoms with Crippen molar-refractivity contribution < 1.29 is 0 Å². The maximum Gasteiger partial charge on any atom is 0.0146 e. The molecule has 0 aliphatic carbocycles. The van der Waals surface area contributed by atoms with E-state index < -0.39 is 0 Å². The van der Waals surface area contributed by atoms with Gasteiger partial charge in [0.15, 0.2) is 0 Å². The van der Waals surface area contributed by atoms with Crippen LogP contribution in [0, 0.1) is 23.7 Å². The van der Waals surface area contributed by atoms with E-state index in [9.17, 15) is 0 Å². The van der Waals surface area contributed by atoms with Gasteiger partial charge >= 0.3 is 0 Å². The van der Waals surface area contributed by atoms with E-state index in [4.69, 9.17) is 0 Å². The van der Waals surface area contributed by atoms with Crippen LogP contribution in [0.15, 0.2) is 0 Å². The summed E-state index contributed by atoms with van der Waals surface area (Å²) in [7, 11) is 0. The minimum Gasteiger partial charge on any atom is -0.662 e. The summed E-state index contributed by atoms with van der Waals surface area (Å²) in [6, 6.07) is 0. The first-order valence-corrected chi connectivity index (χ1v) is 5.40. The predicted molar refractivity (Wildman–Crippen MR) is 57.7 cm³/mol. The summed E-state index contributed by atoms with van der Waals surface area (Å²) in [5, 5.41) is 4.35. The maximum absolute atomic E-state index is 4.35. The van der Waals surface area contributed by atoms with Gasteiger partial charge in [0.05, 0.1) is 0 Å². The fourth-order valence-electron chi connectivity index (χ4n) is 1.65. The molecule has 1 fully saturated rings. The molecule has 1 heterocycles. The molecule has 0 N–H and O–H groups in total. The Morgan fingerprint density at radius 3 is 2.50 bits per heavy atom. The van der Waals surface area contributed by atoms with Gasteiger partial charge in [-0.2, -0.15) is 0 Å². The van der Waals surface area contributed by atoms with E-state index in [1.807, 2.05) is 0 Å². The van der Waals surface area contributed by atoms with Gasteiger partial charge < -0.3 is 5.32 Å². The van der Waals surface area contributed by atoms with Gasteiger partial charge in [0.25, 0.3) is 0 Å². The van der Waals surface area contributed by atoms with E-state index in [0.717, 1.165) is 25.4 Å². The molecule has 1 aliphatic rings. The van der Waals surface area contributed by atoms with Crippen LogP contribution < -0.4 is 0 Å². The van der Waals surface area contributed by atoms with E-state index >= 15 is 0 Å². The summed E-state index contributed by atoms with van der Waals surface area (Å²) < 4.78 is 0. The van der Waals surface area contributed by atoms with Crippen molar-refractivity contribution in [2.45, 2.75) is 39.5 Å². The zero-order chi connectivity index (χ0) is 9.52. The molecule has 0 bridgehead atoms. The molecule has 1 saturated heterocycles. The third-order valence-corrected chi connectivity index (χ3v) is 2.46. The number of hydrogen-bond donors (Lipinski definition) is 0. The molecule has 14 heavy (non-hydrogen) atoms. The Morgan fingerprint density at radius 1 is 1.29 bits per heavy atom. The molecule has 1 nitrogen and oxygen atoms in total. The van der Waals surface area contributed by atoms with E-state index in [1.165, 1.54) is 19.3 Å². The standard InChI is InChI=1S/C12H20N.No/c1-11(2)5-3-4-6-12-7-9-13-10-8-12;/h11-12H,4,6-10H2,1-2H3;/q-1;. The largest absolute Gasteiger partial charge is 0.662 e. The summed E-state index contributed by atoms with van der Waals surface area (Å²) in [5.74, 6) is 7.89. The molecule has 0 aromatic rings. The van der Waals surface area contributed by atoms with Crippen LogP contribution in [0.4, 0.5) is 0 Å². The zero-order valence-corrected chi connectivity index (χ0v) is 11.3. The van der Waals surface area contributed by atoms with Crippen molar-refractivity contribution in [2.24, 2.45) is 11.8 Å². The molecule has 0 spiro atoms. The van der Waals surface area contributed by atoms with Crippen LogP contribution in [0.25, 0.3) is 5.32 Å². The van der Waals surface area contributed by atoms with Gasteiger partial charge in [0.2, 0.25) is 0 Å². The molecule has 0 saturated carbocycles. The first-order chi connectivity index (χ1) is 6.29. The van der Waals surface area contributed by atoms with Crippen LogP contribution in [0.3, 0.4) is 0 Å². The summed E-state index contributed by atoms with van der Waals surface area (Å²) in [4.78, 5) is 0. The van der Waals surface area contributed by atoms with Gasteiger partial charge in [-0.25, -0.2) is 0 Å². The normalized spacial score (nSPS) is 17.1.